The van der Waals surface area contributed by atoms with Crippen LogP contribution in [-0.2, 0) is 9.59 Å². The van der Waals surface area contributed by atoms with Crippen LogP contribution in [0.4, 0.5) is 5.69 Å². The minimum Gasteiger partial charge on any atom is -0.497 e. The Balaban J connectivity index is 1.40. The van der Waals surface area contributed by atoms with E-state index in [-0.39, 0.29) is 30.7 Å². The number of rotatable bonds is 5. The second-order valence-corrected chi connectivity index (χ2v) is 8.52. The molecule has 6 heteroatoms. The molecule has 2 aromatic rings. The summed E-state index contributed by atoms with van der Waals surface area (Å²) in [6.07, 6.45) is 2.44. The Labute approximate surface area is 176 Å². The van der Waals surface area contributed by atoms with E-state index < -0.39 is 0 Å². The number of carbonyl (C=O) groups is 2. The van der Waals surface area contributed by atoms with E-state index in [2.05, 4.69) is 0 Å². The fourth-order valence-corrected chi connectivity index (χ4v) is 5.18. The van der Waals surface area contributed by atoms with Crippen LogP contribution >= 0.6 is 11.8 Å². The average Bonchev–Trinajstić information content (AvgIpc) is 3.27. The molecule has 2 amide bonds. The van der Waals surface area contributed by atoms with Gasteiger partial charge in [-0.15, -0.1) is 11.8 Å². The van der Waals surface area contributed by atoms with Crippen LogP contribution in [0.2, 0.25) is 0 Å². The molecule has 1 atom stereocenters. The van der Waals surface area contributed by atoms with Gasteiger partial charge in [-0.05, 0) is 42.7 Å². The molecular formula is C23H26N2O3S. The zero-order chi connectivity index (χ0) is 20.2. The topological polar surface area (TPSA) is 49.9 Å². The molecule has 0 N–H and O–H groups in total. The number of nitrogens with zero attached hydrogens (tertiary/aromatic N) is 2. The number of benzene rings is 2. The van der Waals surface area contributed by atoms with Crippen molar-refractivity contribution in [2.75, 3.05) is 30.9 Å². The van der Waals surface area contributed by atoms with Crippen molar-refractivity contribution in [1.29, 1.82) is 0 Å². The molecule has 5 nitrogen and oxygen atoms in total. The Morgan fingerprint density at radius 3 is 2.76 bits per heavy atom. The number of ether oxygens (including phenoxy) is 1. The molecule has 1 fully saturated rings. The smallest absolute Gasteiger partial charge is 0.227 e. The van der Waals surface area contributed by atoms with Gasteiger partial charge in [-0.2, -0.15) is 0 Å². The molecule has 0 spiro atoms. The van der Waals surface area contributed by atoms with Gasteiger partial charge in [-0.3, -0.25) is 9.59 Å². The molecule has 2 heterocycles. The lowest BCUT2D eigenvalue weighted by Gasteiger charge is -2.29. The third kappa shape index (κ3) is 4.27. The standard InChI is InChI=1S/C23H26N2O3S/c1-28-18-7-4-6-17(16-18)19-9-5-13-24(19)22(26)11-12-23(27)25-14-15-29-21-10-3-2-8-20(21)25/h2-4,6-8,10,16,19H,5,9,11-15H2,1H3. The molecule has 1 unspecified atom stereocenters. The van der Waals surface area contributed by atoms with Gasteiger partial charge in [0.15, 0.2) is 0 Å². The fourth-order valence-electron chi connectivity index (χ4n) is 4.18. The number of thioether (sulfide) groups is 1. The van der Waals surface area contributed by atoms with Gasteiger partial charge in [-0.25, -0.2) is 0 Å². The lowest BCUT2D eigenvalue weighted by atomic mass is 10.0. The normalized spacial score (nSPS) is 18.4. The molecule has 4 rings (SSSR count). The maximum Gasteiger partial charge on any atom is 0.227 e. The molecule has 0 saturated carbocycles. The van der Waals surface area contributed by atoms with Crippen molar-refractivity contribution in [3.63, 3.8) is 0 Å². The molecule has 2 aliphatic rings. The summed E-state index contributed by atoms with van der Waals surface area (Å²) in [6, 6.07) is 16.0. The summed E-state index contributed by atoms with van der Waals surface area (Å²) in [5.41, 5.74) is 2.07. The van der Waals surface area contributed by atoms with Crippen molar-refractivity contribution in [3.8, 4) is 5.75 Å². The third-order valence-electron chi connectivity index (χ3n) is 5.63. The maximum atomic E-state index is 12.9. The van der Waals surface area contributed by atoms with Crippen LogP contribution in [0.25, 0.3) is 0 Å². The lowest BCUT2D eigenvalue weighted by molar-refractivity contribution is -0.134. The molecule has 2 aromatic carbocycles. The number of hydrogen-bond donors (Lipinski definition) is 0. The molecule has 0 radical (unpaired) electrons. The number of anilines is 1. The summed E-state index contributed by atoms with van der Waals surface area (Å²) < 4.78 is 5.33. The van der Waals surface area contributed by atoms with E-state index in [1.165, 1.54) is 0 Å². The van der Waals surface area contributed by atoms with Crippen molar-refractivity contribution in [2.24, 2.45) is 0 Å². The minimum absolute atomic E-state index is 0.0308. The van der Waals surface area contributed by atoms with Crippen molar-refractivity contribution < 1.29 is 14.3 Å². The largest absolute Gasteiger partial charge is 0.497 e. The Morgan fingerprint density at radius 2 is 1.90 bits per heavy atom. The Hall–Kier alpha value is -2.47. The number of carbonyl (C=O) groups excluding carboxylic acids is 2. The summed E-state index contributed by atoms with van der Waals surface area (Å²) in [5.74, 6) is 1.78. The predicted molar refractivity (Wildman–Crippen MR) is 115 cm³/mol. The first-order valence-electron chi connectivity index (χ1n) is 10.1. The van der Waals surface area contributed by atoms with Gasteiger partial charge in [0.1, 0.15) is 5.75 Å². The van der Waals surface area contributed by atoms with Crippen LogP contribution in [0.1, 0.15) is 37.3 Å². The molecule has 152 valence electrons. The Morgan fingerprint density at radius 1 is 1.07 bits per heavy atom. The molecule has 0 aromatic heterocycles. The monoisotopic (exact) mass is 410 g/mol. The zero-order valence-electron chi connectivity index (χ0n) is 16.7. The van der Waals surface area contributed by atoms with Crippen molar-refractivity contribution in [3.05, 3.63) is 54.1 Å². The van der Waals surface area contributed by atoms with Crippen LogP contribution in [-0.4, -0.2) is 42.7 Å². The SMILES string of the molecule is COc1cccc(C2CCCN2C(=O)CCC(=O)N2CCSc3ccccc32)c1. The quantitative estimate of drug-likeness (QED) is 0.738. The number of fused-ring (bicyclic) bond motifs is 1. The van der Waals surface area contributed by atoms with Crippen molar-refractivity contribution >= 4 is 29.3 Å². The average molecular weight is 411 g/mol. The van der Waals surface area contributed by atoms with E-state index in [4.69, 9.17) is 4.74 Å². The van der Waals surface area contributed by atoms with Gasteiger partial charge < -0.3 is 14.5 Å². The number of amides is 2. The Kier molecular flexibility index (Phi) is 6.09. The number of likely N-dealkylation sites (tertiary alicyclic amines) is 1. The third-order valence-corrected chi connectivity index (χ3v) is 6.68. The molecule has 2 aliphatic heterocycles. The fraction of sp³-hybridized carbons (Fsp3) is 0.391. The van der Waals surface area contributed by atoms with E-state index in [0.29, 0.717) is 6.54 Å². The lowest BCUT2D eigenvalue weighted by Crippen LogP contribution is -2.37. The predicted octanol–water partition coefficient (Wildman–Crippen LogP) is 4.28. The first kappa shape index (κ1) is 19.8. The molecule has 0 aliphatic carbocycles. The van der Waals surface area contributed by atoms with Gasteiger partial charge in [0.05, 0.1) is 18.8 Å². The van der Waals surface area contributed by atoms with Crippen LogP contribution in [0, 0.1) is 0 Å². The van der Waals surface area contributed by atoms with Gasteiger partial charge in [-0.1, -0.05) is 24.3 Å². The summed E-state index contributed by atoms with van der Waals surface area (Å²) >= 11 is 1.78. The van der Waals surface area contributed by atoms with Crippen LogP contribution in [0.3, 0.4) is 0 Å². The highest BCUT2D eigenvalue weighted by Gasteiger charge is 2.31. The number of methoxy groups -OCH3 is 1. The second-order valence-electron chi connectivity index (χ2n) is 7.38. The van der Waals surface area contributed by atoms with Crippen molar-refractivity contribution in [1.82, 2.24) is 4.90 Å². The summed E-state index contributed by atoms with van der Waals surface area (Å²) in [5, 5.41) is 0. The summed E-state index contributed by atoms with van der Waals surface area (Å²) in [4.78, 5) is 30.7. The highest BCUT2D eigenvalue weighted by molar-refractivity contribution is 7.99. The van der Waals surface area contributed by atoms with Crippen LogP contribution in [0.5, 0.6) is 5.75 Å². The maximum absolute atomic E-state index is 12.9. The van der Waals surface area contributed by atoms with Crippen molar-refractivity contribution in [2.45, 2.75) is 36.6 Å². The minimum atomic E-state index is 0.0308. The highest BCUT2D eigenvalue weighted by Crippen LogP contribution is 2.36. The summed E-state index contributed by atoms with van der Waals surface area (Å²) in [6.45, 7) is 1.45. The number of para-hydroxylation sites is 1. The van der Waals surface area contributed by atoms with E-state index in [0.717, 1.165) is 47.0 Å². The van der Waals surface area contributed by atoms with Gasteiger partial charge in [0.25, 0.3) is 0 Å². The Bertz CT molecular complexity index is 901. The highest BCUT2D eigenvalue weighted by atomic mass is 32.2. The molecule has 29 heavy (non-hydrogen) atoms. The first-order valence-corrected chi connectivity index (χ1v) is 11.1. The molecular weight excluding hydrogens is 384 g/mol. The molecule has 1 saturated heterocycles. The van der Waals surface area contributed by atoms with E-state index in [9.17, 15) is 9.59 Å². The van der Waals surface area contributed by atoms with Crippen LogP contribution in [0.15, 0.2) is 53.4 Å². The van der Waals surface area contributed by atoms with E-state index >= 15 is 0 Å². The first-order chi connectivity index (χ1) is 14.2. The number of hydrogen-bond acceptors (Lipinski definition) is 4. The second kappa shape index (κ2) is 8.91. The zero-order valence-corrected chi connectivity index (χ0v) is 17.5. The summed E-state index contributed by atoms with van der Waals surface area (Å²) in [7, 11) is 1.65. The van der Waals surface area contributed by atoms with Gasteiger partial charge in [0.2, 0.25) is 11.8 Å². The van der Waals surface area contributed by atoms with Gasteiger partial charge in [0, 0.05) is 36.6 Å². The van der Waals surface area contributed by atoms with Gasteiger partial charge >= 0.3 is 0 Å². The van der Waals surface area contributed by atoms with E-state index in [1.54, 1.807) is 18.9 Å². The molecule has 0 bridgehead atoms. The van der Waals surface area contributed by atoms with E-state index in [1.807, 2.05) is 58.3 Å². The van der Waals surface area contributed by atoms with Crippen LogP contribution < -0.4 is 9.64 Å².